The summed E-state index contributed by atoms with van der Waals surface area (Å²) in [6.07, 6.45) is 0. The molecule has 0 radical (unpaired) electrons. The Morgan fingerprint density at radius 3 is 2.46 bits per heavy atom. The highest BCUT2D eigenvalue weighted by Crippen LogP contribution is 2.15. The molecule has 3 nitrogen and oxygen atoms in total. The third-order valence-corrected chi connectivity index (χ3v) is 2.08. The number of guanidine groups is 1. The summed E-state index contributed by atoms with van der Waals surface area (Å²) in [6.45, 7) is 9.80. The molecule has 0 aromatic heterocycles. The molecule has 3 heteroatoms. The van der Waals surface area contributed by atoms with Gasteiger partial charge in [0.05, 0.1) is 6.54 Å². The van der Waals surface area contributed by atoms with Crippen molar-refractivity contribution in [2.45, 2.75) is 20.8 Å². The highest BCUT2D eigenvalue weighted by Gasteiger charge is 2.20. The molecular weight excluding hydrogens is 162 g/mol. The maximum absolute atomic E-state index is 4.47. The fourth-order valence-electron chi connectivity index (χ4n) is 1.72. The van der Waals surface area contributed by atoms with E-state index >= 15 is 0 Å². The van der Waals surface area contributed by atoms with Crippen LogP contribution in [0, 0.1) is 5.41 Å². The summed E-state index contributed by atoms with van der Waals surface area (Å²) in [4.78, 5) is 8.93. The van der Waals surface area contributed by atoms with E-state index in [1.54, 1.807) is 0 Å². The molecular formula is C10H21N3. The zero-order valence-electron chi connectivity index (χ0n) is 9.46. The third-order valence-electron chi connectivity index (χ3n) is 2.08. The lowest BCUT2D eigenvalue weighted by atomic mass is 9.96. The van der Waals surface area contributed by atoms with Crippen molar-refractivity contribution in [1.82, 2.24) is 9.80 Å². The maximum atomic E-state index is 4.47. The molecule has 0 bridgehead atoms. The average molecular weight is 183 g/mol. The molecule has 0 aliphatic carbocycles. The van der Waals surface area contributed by atoms with Crippen molar-refractivity contribution in [3.05, 3.63) is 0 Å². The van der Waals surface area contributed by atoms with Crippen LogP contribution in [0.3, 0.4) is 0 Å². The minimum Gasteiger partial charge on any atom is -0.345 e. The molecule has 0 atom stereocenters. The van der Waals surface area contributed by atoms with Crippen LogP contribution in [0.2, 0.25) is 0 Å². The van der Waals surface area contributed by atoms with Crippen molar-refractivity contribution in [1.29, 1.82) is 0 Å². The monoisotopic (exact) mass is 183 g/mol. The summed E-state index contributed by atoms with van der Waals surface area (Å²) in [5.74, 6) is 1.13. The highest BCUT2D eigenvalue weighted by atomic mass is 15.4. The lowest BCUT2D eigenvalue weighted by Gasteiger charge is -2.30. The molecule has 1 heterocycles. The zero-order chi connectivity index (χ0) is 10.1. The van der Waals surface area contributed by atoms with Gasteiger partial charge in [-0.3, -0.25) is 4.99 Å². The Labute approximate surface area is 81.4 Å². The molecule has 0 N–H and O–H groups in total. The molecule has 0 fully saturated rings. The van der Waals surface area contributed by atoms with Crippen LogP contribution in [0.5, 0.6) is 0 Å². The Morgan fingerprint density at radius 1 is 1.46 bits per heavy atom. The van der Waals surface area contributed by atoms with Crippen molar-refractivity contribution in [3.63, 3.8) is 0 Å². The summed E-state index contributed by atoms with van der Waals surface area (Å²) in [5.41, 5.74) is 0.334. The van der Waals surface area contributed by atoms with Gasteiger partial charge in [-0.15, -0.1) is 0 Å². The van der Waals surface area contributed by atoms with E-state index in [9.17, 15) is 0 Å². The standard InChI is InChI=1S/C10H21N3/c1-10(2,3)8-13(5)9-11-6-7-12(9)4/h6-8H2,1-5H3. The van der Waals surface area contributed by atoms with Crippen LogP contribution in [-0.2, 0) is 0 Å². The lowest BCUT2D eigenvalue weighted by molar-refractivity contribution is 0.287. The fraction of sp³-hybridized carbons (Fsp3) is 0.900. The lowest BCUT2D eigenvalue weighted by Crippen LogP contribution is -2.41. The third kappa shape index (κ3) is 2.90. The average Bonchev–Trinajstić information content (AvgIpc) is 2.30. The first-order chi connectivity index (χ1) is 5.90. The number of hydrogen-bond donors (Lipinski definition) is 0. The molecule has 0 amide bonds. The van der Waals surface area contributed by atoms with Gasteiger partial charge in [0.15, 0.2) is 5.96 Å². The van der Waals surface area contributed by atoms with E-state index < -0.39 is 0 Å². The van der Waals surface area contributed by atoms with Crippen molar-refractivity contribution in [2.75, 3.05) is 33.7 Å². The van der Waals surface area contributed by atoms with E-state index in [1.807, 2.05) is 0 Å². The number of likely N-dealkylation sites (N-methyl/N-ethyl adjacent to an activating group) is 1. The van der Waals surface area contributed by atoms with Gasteiger partial charge in [0.25, 0.3) is 0 Å². The van der Waals surface area contributed by atoms with Gasteiger partial charge in [-0.2, -0.15) is 0 Å². The Bertz CT molecular complexity index is 203. The van der Waals surface area contributed by atoms with Crippen LogP contribution >= 0.6 is 0 Å². The second kappa shape index (κ2) is 3.56. The van der Waals surface area contributed by atoms with Crippen LogP contribution in [0.25, 0.3) is 0 Å². The van der Waals surface area contributed by atoms with Crippen LogP contribution in [0.4, 0.5) is 0 Å². The second-order valence-electron chi connectivity index (χ2n) is 5.02. The Morgan fingerprint density at radius 2 is 2.08 bits per heavy atom. The molecule has 1 rings (SSSR count). The summed E-state index contributed by atoms with van der Waals surface area (Å²) >= 11 is 0. The van der Waals surface area contributed by atoms with Crippen LogP contribution in [-0.4, -0.2) is 49.5 Å². The van der Waals surface area contributed by atoms with Gasteiger partial charge in [-0.25, -0.2) is 0 Å². The molecule has 1 aliphatic rings. The Kier molecular flexibility index (Phi) is 2.84. The number of hydrogen-bond acceptors (Lipinski definition) is 3. The summed E-state index contributed by atoms with van der Waals surface area (Å²) < 4.78 is 0. The van der Waals surface area contributed by atoms with E-state index in [2.05, 4.69) is 49.7 Å². The smallest absolute Gasteiger partial charge is 0.196 e. The van der Waals surface area contributed by atoms with Crippen molar-refractivity contribution >= 4 is 5.96 Å². The van der Waals surface area contributed by atoms with Crippen molar-refractivity contribution in [2.24, 2.45) is 10.4 Å². The first-order valence-corrected chi connectivity index (χ1v) is 4.87. The van der Waals surface area contributed by atoms with Gasteiger partial charge >= 0.3 is 0 Å². The molecule has 0 saturated carbocycles. The van der Waals surface area contributed by atoms with E-state index in [0.29, 0.717) is 5.41 Å². The summed E-state index contributed by atoms with van der Waals surface area (Å²) in [6, 6.07) is 0. The molecule has 13 heavy (non-hydrogen) atoms. The van der Waals surface area contributed by atoms with Gasteiger partial charge in [0.1, 0.15) is 0 Å². The Hall–Kier alpha value is -0.730. The first kappa shape index (κ1) is 10.4. The molecule has 1 aliphatic heterocycles. The number of nitrogens with zero attached hydrogens (tertiary/aromatic N) is 3. The van der Waals surface area contributed by atoms with Gasteiger partial charge < -0.3 is 9.80 Å². The second-order valence-corrected chi connectivity index (χ2v) is 5.02. The molecule has 76 valence electrons. The van der Waals surface area contributed by atoms with Crippen LogP contribution in [0.1, 0.15) is 20.8 Å². The topological polar surface area (TPSA) is 18.8 Å². The van der Waals surface area contributed by atoms with Crippen LogP contribution < -0.4 is 0 Å². The van der Waals surface area contributed by atoms with E-state index in [4.69, 9.17) is 0 Å². The largest absolute Gasteiger partial charge is 0.345 e. The SMILES string of the molecule is CN1CCN=C1N(C)CC(C)(C)C. The highest BCUT2D eigenvalue weighted by molar-refractivity contribution is 5.81. The van der Waals surface area contributed by atoms with Crippen LogP contribution in [0.15, 0.2) is 4.99 Å². The molecule has 0 aromatic rings. The van der Waals surface area contributed by atoms with Gasteiger partial charge in [0.2, 0.25) is 0 Å². The molecule has 0 saturated heterocycles. The van der Waals surface area contributed by atoms with Crippen molar-refractivity contribution in [3.8, 4) is 0 Å². The first-order valence-electron chi connectivity index (χ1n) is 4.87. The fourth-order valence-corrected chi connectivity index (χ4v) is 1.72. The maximum Gasteiger partial charge on any atom is 0.196 e. The molecule has 0 aromatic carbocycles. The van der Waals surface area contributed by atoms with E-state index in [0.717, 1.165) is 25.6 Å². The van der Waals surface area contributed by atoms with Crippen molar-refractivity contribution < 1.29 is 0 Å². The quantitative estimate of drug-likeness (QED) is 0.609. The summed E-state index contributed by atoms with van der Waals surface area (Å²) in [7, 11) is 4.22. The van der Waals surface area contributed by atoms with E-state index in [1.165, 1.54) is 0 Å². The van der Waals surface area contributed by atoms with E-state index in [-0.39, 0.29) is 0 Å². The molecule has 0 spiro atoms. The normalized spacial score (nSPS) is 17.6. The predicted octanol–water partition coefficient (Wildman–Crippen LogP) is 1.27. The minimum atomic E-state index is 0.334. The predicted molar refractivity (Wildman–Crippen MR) is 57.0 cm³/mol. The number of aliphatic imine (C=N–C) groups is 1. The van der Waals surface area contributed by atoms with Gasteiger partial charge in [0, 0.05) is 27.2 Å². The summed E-state index contributed by atoms with van der Waals surface area (Å²) in [5, 5.41) is 0. The van der Waals surface area contributed by atoms with Gasteiger partial charge in [-0.05, 0) is 5.41 Å². The number of rotatable bonds is 1. The molecule has 0 unspecified atom stereocenters. The Balaban J connectivity index is 2.53. The minimum absolute atomic E-state index is 0.334. The van der Waals surface area contributed by atoms with Gasteiger partial charge in [-0.1, -0.05) is 20.8 Å². The zero-order valence-corrected chi connectivity index (χ0v) is 9.46.